The summed E-state index contributed by atoms with van der Waals surface area (Å²) < 4.78 is 41.9. The van der Waals surface area contributed by atoms with Gasteiger partial charge >= 0.3 is 6.18 Å². The van der Waals surface area contributed by atoms with Crippen LogP contribution in [0.2, 0.25) is 0 Å². The molecule has 4 heterocycles. The molecule has 10 heteroatoms. The van der Waals surface area contributed by atoms with E-state index in [1.165, 1.54) is 11.3 Å². The van der Waals surface area contributed by atoms with Gasteiger partial charge in [0.25, 0.3) is 0 Å². The van der Waals surface area contributed by atoms with Crippen molar-refractivity contribution in [3.05, 3.63) is 53.8 Å². The fourth-order valence-corrected chi connectivity index (χ4v) is 4.08. The number of aromatic nitrogens is 4. The van der Waals surface area contributed by atoms with E-state index in [1.54, 1.807) is 45.7 Å². The number of hydrogen-bond acceptors (Lipinski definition) is 5. The molecule has 0 unspecified atom stereocenters. The maximum absolute atomic E-state index is 13.4. The summed E-state index contributed by atoms with van der Waals surface area (Å²) in [4.78, 5) is 27.1. The van der Waals surface area contributed by atoms with Crippen LogP contribution in [0.1, 0.15) is 30.3 Å². The molecule has 1 saturated heterocycles. The number of rotatable bonds is 4. The van der Waals surface area contributed by atoms with Crippen LogP contribution in [-0.2, 0) is 17.5 Å². The van der Waals surface area contributed by atoms with Crippen molar-refractivity contribution < 1.29 is 18.0 Å². The number of hydrogen-bond donors (Lipinski definition) is 0. The van der Waals surface area contributed by atoms with Crippen LogP contribution in [-0.4, -0.2) is 43.4 Å². The first-order chi connectivity index (χ1) is 13.9. The lowest BCUT2D eigenvalue weighted by molar-refractivity contribution is -0.141. The Morgan fingerprint density at radius 3 is 2.86 bits per heavy atom. The van der Waals surface area contributed by atoms with Gasteiger partial charge in [-0.25, -0.2) is 15.0 Å². The van der Waals surface area contributed by atoms with Gasteiger partial charge in [0.1, 0.15) is 18.1 Å². The molecule has 0 bridgehead atoms. The molecule has 1 aliphatic heterocycles. The van der Waals surface area contributed by atoms with Crippen molar-refractivity contribution in [3.8, 4) is 10.6 Å². The van der Waals surface area contributed by atoms with Gasteiger partial charge in [0.2, 0.25) is 5.91 Å². The van der Waals surface area contributed by atoms with E-state index in [2.05, 4.69) is 15.0 Å². The zero-order chi connectivity index (χ0) is 20.4. The number of nitrogens with zero attached hydrogens (tertiary/aromatic N) is 5. The number of amides is 1. The minimum absolute atomic E-state index is 0.0989. The van der Waals surface area contributed by atoms with E-state index in [4.69, 9.17) is 0 Å². The van der Waals surface area contributed by atoms with Crippen molar-refractivity contribution in [1.29, 1.82) is 0 Å². The van der Waals surface area contributed by atoms with Crippen LogP contribution < -0.4 is 0 Å². The third-order valence-electron chi connectivity index (χ3n) is 4.82. The molecule has 3 aromatic rings. The molecule has 0 aromatic carbocycles. The Labute approximate surface area is 169 Å². The fraction of sp³-hybridized carbons (Fsp3) is 0.368. The predicted octanol–water partition coefficient (Wildman–Crippen LogP) is 3.83. The Morgan fingerprint density at radius 2 is 2.17 bits per heavy atom. The SMILES string of the molecule is O=C(Cn1ccnc1)N1CCC[C@@H](c2nc(-c3cccs3)cc(C(F)(F)F)n2)C1. The summed E-state index contributed by atoms with van der Waals surface area (Å²) >= 11 is 1.33. The highest BCUT2D eigenvalue weighted by Crippen LogP contribution is 2.34. The molecule has 3 aromatic heterocycles. The standard InChI is InChI=1S/C19H18F3N5OS/c20-19(21,22)16-9-14(15-4-2-8-29-15)24-18(25-16)13-3-1-6-27(10-13)17(28)11-26-7-5-23-12-26/h2,4-5,7-9,12-13H,1,3,6,10-11H2/t13-/m1/s1. The molecule has 1 fully saturated rings. The van der Waals surface area contributed by atoms with Crippen molar-refractivity contribution in [2.24, 2.45) is 0 Å². The molecule has 0 N–H and O–H groups in total. The summed E-state index contributed by atoms with van der Waals surface area (Å²) in [6, 6.07) is 4.49. The highest BCUT2D eigenvalue weighted by atomic mass is 32.1. The topological polar surface area (TPSA) is 63.9 Å². The van der Waals surface area contributed by atoms with Crippen LogP contribution in [0.15, 0.2) is 42.3 Å². The molecule has 6 nitrogen and oxygen atoms in total. The highest BCUT2D eigenvalue weighted by Gasteiger charge is 2.35. The zero-order valence-corrected chi connectivity index (χ0v) is 16.2. The van der Waals surface area contributed by atoms with Gasteiger partial charge in [0.05, 0.1) is 16.9 Å². The van der Waals surface area contributed by atoms with Gasteiger partial charge in [-0.2, -0.15) is 13.2 Å². The van der Waals surface area contributed by atoms with E-state index >= 15 is 0 Å². The van der Waals surface area contributed by atoms with Crippen LogP contribution in [0.4, 0.5) is 13.2 Å². The third-order valence-corrected chi connectivity index (χ3v) is 5.72. The quantitative estimate of drug-likeness (QED) is 0.642. The van der Waals surface area contributed by atoms with E-state index in [9.17, 15) is 18.0 Å². The Morgan fingerprint density at radius 1 is 1.31 bits per heavy atom. The molecule has 0 saturated carbocycles. The molecule has 0 radical (unpaired) electrons. The lowest BCUT2D eigenvalue weighted by Gasteiger charge is -2.32. The highest BCUT2D eigenvalue weighted by molar-refractivity contribution is 7.13. The third kappa shape index (κ3) is 4.47. The van der Waals surface area contributed by atoms with Crippen molar-refractivity contribution in [1.82, 2.24) is 24.4 Å². The smallest absolute Gasteiger partial charge is 0.340 e. The van der Waals surface area contributed by atoms with Gasteiger partial charge in [-0.15, -0.1) is 11.3 Å². The molecular weight excluding hydrogens is 403 g/mol. The second-order valence-electron chi connectivity index (χ2n) is 6.89. The van der Waals surface area contributed by atoms with Crippen LogP contribution in [0.5, 0.6) is 0 Å². The van der Waals surface area contributed by atoms with Gasteiger partial charge in [-0.1, -0.05) is 6.07 Å². The Hall–Kier alpha value is -2.75. The molecular formula is C19H18F3N5OS. The monoisotopic (exact) mass is 421 g/mol. The number of thiophene rings is 1. The van der Waals surface area contributed by atoms with Crippen LogP contribution in [0, 0.1) is 0 Å². The van der Waals surface area contributed by atoms with Gasteiger partial charge in [-0.05, 0) is 30.4 Å². The van der Waals surface area contributed by atoms with Crippen molar-refractivity contribution in [2.45, 2.75) is 31.5 Å². The number of halogens is 3. The molecule has 0 spiro atoms. The Kier molecular flexibility index (Phi) is 5.35. The van der Waals surface area contributed by atoms with E-state index in [-0.39, 0.29) is 29.9 Å². The number of likely N-dealkylation sites (tertiary alicyclic amines) is 1. The average molecular weight is 421 g/mol. The Bertz CT molecular complexity index is 972. The second kappa shape index (κ2) is 7.94. The number of imidazole rings is 1. The maximum Gasteiger partial charge on any atom is 0.433 e. The molecule has 0 aliphatic carbocycles. The maximum atomic E-state index is 13.4. The average Bonchev–Trinajstić information content (AvgIpc) is 3.41. The number of alkyl halides is 3. The minimum atomic E-state index is -4.56. The molecule has 1 aliphatic rings. The molecule has 1 atom stereocenters. The summed E-state index contributed by atoms with van der Waals surface area (Å²) in [6.07, 6.45) is 1.61. The van der Waals surface area contributed by atoms with E-state index in [1.807, 2.05) is 0 Å². The summed E-state index contributed by atoms with van der Waals surface area (Å²) in [5.41, 5.74) is -0.688. The number of carbonyl (C=O) groups excluding carboxylic acids is 1. The first-order valence-electron chi connectivity index (χ1n) is 9.14. The molecule has 29 heavy (non-hydrogen) atoms. The van der Waals surface area contributed by atoms with Crippen molar-refractivity contribution in [2.75, 3.05) is 13.1 Å². The van der Waals surface area contributed by atoms with E-state index in [0.717, 1.165) is 6.07 Å². The van der Waals surface area contributed by atoms with Crippen LogP contribution >= 0.6 is 11.3 Å². The molecule has 152 valence electrons. The summed E-state index contributed by atoms with van der Waals surface area (Å²) in [7, 11) is 0. The van der Waals surface area contributed by atoms with Gasteiger partial charge < -0.3 is 9.47 Å². The molecule has 1 amide bonds. The fourth-order valence-electron chi connectivity index (χ4n) is 3.40. The normalized spacial score (nSPS) is 17.5. The van der Waals surface area contributed by atoms with Crippen LogP contribution in [0.25, 0.3) is 10.6 Å². The summed E-state index contributed by atoms with van der Waals surface area (Å²) in [5, 5.41) is 1.79. The minimum Gasteiger partial charge on any atom is -0.340 e. The van der Waals surface area contributed by atoms with Gasteiger partial charge in [0.15, 0.2) is 0 Å². The van der Waals surface area contributed by atoms with E-state index < -0.39 is 11.9 Å². The van der Waals surface area contributed by atoms with Crippen LogP contribution in [0.3, 0.4) is 0 Å². The number of carbonyl (C=O) groups is 1. The van der Waals surface area contributed by atoms with Crippen molar-refractivity contribution >= 4 is 17.2 Å². The first-order valence-corrected chi connectivity index (χ1v) is 10.0. The largest absolute Gasteiger partial charge is 0.433 e. The van der Waals surface area contributed by atoms with E-state index in [0.29, 0.717) is 30.8 Å². The lowest BCUT2D eigenvalue weighted by Crippen LogP contribution is -2.41. The summed E-state index contributed by atoms with van der Waals surface area (Å²) in [6.45, 7) is 1.02. The second-order valence-corrected chi connectivity index (χ2v) is 7.83. The first kappa shape index (κ1) is 19.6. The van der Waals surface area contributed by atoms with Gasteiger partial charge in [-0.3, -0.25) is 4.79 Å². The summed E-state index contributed by atoms with van der Waals surface area (Å²) in [5.74, 6) is -0.294. The predicted molar refractivity (Wildman–Crippen MR) is 101 cm³/mol. The molecule has 4 rings (SSSR count). The lowest BCUT2D eigenvalue weighted by atomic mass is 9.96. The number of piperidine rings is 1. The van der Waals surface area contributed by atoms with Gasteiger partial charge in [0, 0.05) is 31.4 Å². The zero-order valence-electron chi connectivity index (χ0n) is 15.3. The van der Waals surface area contributed by atoms with Crippen molar-refractivity contribution in [3.63, 3.8) is 0 Å². The Balaban J connectivity index is 1.59.